The number of rotatable bonds is 4. The fraction of sp³-hybridized carbons (Fsp3) is 0.429. The second-order valence-corrected chi connectivity index (χ2v) is 8.31. The van der Waals surface area contributed by atoms with Crippen LogP contribution in [0.4, 0.5) is 0 Å². The lowest BCUT2D eigenvalue weighted by Crippen LogP contribution is -2.50. The maximum atomic E-state index is 13.0. The van der Waals surface area contributed by atoms with Gasteiger partial charge in [-0.15, -0.1) is 0 Å². The Hall–Kier alpha value is -3.20. The molecule has 0 radical (unpaired) electrons. The first-order valence-corrected chi connectivity index (χ1v) is 10.2. The molecule has 1 aromatic carbocycles. The molecule has 156 valence electrons. The lowest BCUT2D eigenvalue weighted by Gasteiger charge is -2.38. The van der Waals surface area contributed by atoms with E-state index < -0.39 is 5.60 Å². The van der Waals surface area contributed by atoms with Crippen LogP contribution in [0.5, 0.6) is 5.75 Å². The first-order valence-electron chi connectivity index (χ1n) is 10.2. The summed E-state index contributed by atoms with van der Waals surface area (Å²) in [6.45, 7) is 1.15. The maximum absolute atomic E-state index is 13.0. The number of piperidine rings is 1. The Balaban J connectivity index is 1.36. The molecule has 1 amide bonds. The van der Waals surface area contributed by atoms with Crippen molar-refractivity contribution in [2.75, 3.05) is 13.1 Å². The fourth-order valence-corrected chi connectivity index (χ4v) is 4.05. The Morgan fingerprint density at radius 2 is 1.87 bits per heavy atom. The summed E-state index contributed by atoms with van der Waals surface area (Å²) < 4.78 is 2.96. The smallest absolute Gasteiger partial charge is 0.264 e. The van der Waals surface area contributed by atoms with Crippen molar-refractivity contribution in [1.29, 1.82) is 0 Å². The van der Waals surface area contributed by atoms with Crippen LogP contribution in [0.3, 0.4) is 0 Å². The summed E-state index contributed by atoms with van der Waals surface area (Å²) in [6, 6.07) is 6.46. The standard InChI is InChI=1S/C21H23N5O4/c27-16-5-3-15(4-6-16)26-18-17(11-23-26)20(29)25(13-22-18)12-21(30)7-9-24(10-8-21)19(28)14-1-2-14/h3-6,11,13-14,27,30H,1-2,7-10,12H2. The van der Waals surface area contributed by atoms with E-state index in [1.54, 1.807) is 24.3 Å². The van der Waals surface area contributed by atoms with Crippen LogP contribution in [-0.2, 0) is 11.3 Å². The molecule has 1 aliphatic heterocycles. The third-order valence-corrected chi connectivity index (χ3v) is 6.05. The van der Waals surface area contributed by atoms with Crippen LogP contribution >= 0.6 is 0 Å². The highest BCUT2D eigenvalue weighted by atomic mass is 16.3. The number of amides is 1. The van der Waals surface area contributed by atoms with Crippen LogP contribution < -0.4 is 5.56 Å². The molecule has 1 aliphatic carbocycles. The Labute approximate surface area is 172 Å². The predicted molar refractivity (Wildman–Crippen MR) is 108 cm³/mol. The van der Waals surface area contributed by atoms with Gasteiger partial charge < -0.3 is 15.1 Å². The zero-order valence-corrected chi connectivity index (χ0v) is 16.4. The van der Waals surface area contributed by atoms with Crippen molar-refractivity contribution in [1.82, 2.24) is 24.2 Å². The summed E-state index contributed by atoms with van der Waals surface area (Å²) in [5.74, 6) is 0.512. The molecule has 1 saturated carbocycles. The number of phenols is 1. The Kier molecular flexibility index (Phi) is 4.35. The highest BCUT2D eigenvalue weighted by molar-refractivity contribution is 5.81. The topological polar surface area (TPSA) is 113 Å². The van der Waals surface area contributed by atoms with Crippen molar-refractivity contribution < 1.29 is 15.0 Å². The van der Waals surface area contributed by atoms with Gasteiger partial charge in [0, 0.05) is 19.0 Å². The van der Waals surface area contributed by atoms with Crippen molar-refractivity contribution in [3.05, 3.63) is 47.1 Å². The number of carbonyl (C=O) groups is 1. The van der Waals surface area contributed by atoms with Crippen molar-refractivity contribution in [3.8, 4) is 11.4 Å². The predicted octanol–water partition coefficient (Wildman–Crippen LogP) is 1.05. The first-order chi connectivity index (χ1) is 14.4. The molecule has 2 aromatic heterocycles. The van der Waals surface area contributed by atoms with E-state index in [9.17, 15) is 19.8 Å². The Morgan fingerprint density at radius 1 is 1.17 bits per heavy atom. The normalized spacial score (nSPS) is 18.6. The molecule has 0 bridgehead atoms. The number of benzene rings is 1. The molecule has 0 atom stereocenters. The van der Waals surface area contributed by atoms with Crippen molar-refractivity contribution in [3.63, 3.8) is 0 Å². The largest absolute Gasteiger partial charge is 0.508 e. The van der Waals surface area contributed by atoms with Crippen molar-refractivity contribution >= 4 is 16.9 Å². The summed E-state index contributed by atoms with van der Waals surface area (Å²) in [7, 11) is 0. The molecular formula is C21H23N5O4. The van der Waals surface area contributed by atoms with E-state index in [0.717, 1.165) is 12.8 Å². The average molecular weight is 409 g/mol. The quantitative estimate of drug-likeness (QED) is 0.666. The number of phenolic OH excluding ortho intramolecular Hbond substituents is 1. The number of aliphatic hydroxyl groups is 1. The van der Waals surface area contributed by atoms with Crippen LogP contribution in [0.15, 0.2) is 41.6 Å². The number of nitrogens with zero attached hydrogens (tertiary/aromatic N) is 5. The second kappa shape index (κ2) is 6.94. The number of aromatic nitrogens is 4. The van der Waals surface area contributed by atoms with Crippen LogP contribution in [-0.4, -0.2) is 59.0 Å². The van der Waals surface area contributed by atoms with Crippen LogP contribution in [0.25, 0.3) is 16.7 Å². The summed E-state index contributed by atoms with van der Waals surface area (Å²) in [5, 5.41) is 25.1. The van der Waals surface area contributed by atoms with Gasteiger partial charge in [0.2, 0.25) is 5.91 Å². The van der Waals surface area contributed by atoms with Crippen LogP contribution in [0, 0.1) is 5.92 Å². The number of likely N-dealkylation sites (tertiary alicyclic amines) is 1. The van der Waals surface area contributed by atoms with Gasteiger partial charge in [0.15, 0.2) is 5.65 Å². The summed E-state index contributed by atoms with van der Waals surface area (Å²) in [6.07, 6.45) is 5.71. The van der Waals surface area contributed by atoms with Gasteiger partial charge in [-0.1, -0.05) is 0 Å². The number of hydrogen-bond acceptors (Lipinski definition) is 6. The highest BCUT2D eigenvalue weighted by Gasteiger charge is 2.39. The van der Waals surface area contributed by atoms with Crippen molar-refractivity contribution in [2.45, 2.75) is 37.8 Å². The SMILES string of the molecule is O=C(C1CC1)N1CCC(O)(Cn2cnc3c(cnn3-c3ccc(O)cc3)c2=O)CC1. The molecule has 5 rings (SSSR count). The van der Waals surface area contributed by atoms with Gasteiger partial charge in [-0.2, -0.15) is 5.10 Å². The molecule has 0 unspecified atom stereocenters. The minimum Gasteiger partial charge on any atom is -0.508 e. The molecule has 9 nitrogen and oxygen atoms in total. The van der Waals surface area contributed by atoms with Gasteiger partial charge in [-0.3, -0.25) is 14.2 Å². The maximum Gasteiger partial charge on any atom is 0.264 e. The number of aromatic hydroxyl groups is 1. The third-order valence-electron chi connectivity index (χ3n) is 6.05. The van der Waals surface area contributed by atoms with Crippen molar-refractivity contribution in [2.24, 2.45) is 5.92 Å². The minimum atomic E-state index is -1.05. The molecule has 2 N–H and O–H groups in total. The van der Waals surface area contributed by atoms with E-state index in [1.165, 1.54) is 21.8 Å². The molecule has 2 fully saturated rings. The van der Waals surface area contributed by atoms with Gasteiger partial charge in [-0.05, 0) is 49.9 Å². The van der Waals surface area contributed by atoms with E-state index in [0.29, 0.717) is 42.7 Å². The monoisotopic (exact) mass is 409 g/mol. The van der Waals surface area contributed by atoms with E-state index in [4.69, 9.17) is 0 Å². The summed E-state index contributed by atoms with van der Waals surface area (Å²) in [4.78, 5) is 31.4. The van der Waals surface area contributed by atoms with Gasteiger partial charge in [0.25, 0.3) is 5.56 Å². The number of hydrogen-bond donors (Lipinski definition) is 2. The highest BCUT2D eigenvalue weighted by Crippen LogP contribution is 2.33. The average Bonchev–Trinajstić information content (AvgIpc) is 3.50. The number of fused-ring (bicyclic) bond motifs is 1. The van der Waals surface area contributed by atoms with E-state index in [2.05, 4.69) is 10.1 Å². The molecule has 3 aromatic rings. The van der Waals surface area contributed by atoms with E-state index in [1.807, 2.05) is 4.90 Å². The van der Waals surface area contributed by atoms with E-state index >= 15 is 0 Å². The number of carbonyl (C=O) groups excluding carboxylic acids is 1. The van der Waals surface area contributed by atoms with Gasteiger partial charge in [0.05, 0.1) is 24.0 Å². The fourth-order valence-electron chi connectivity index (χ4n) is 4.05. The minimum absolute atomic E-state index is 0.130. The van der Waals surface area contributed by atoms with Gasteiger partial charge >= 0.3 is 0 Å². The molecule has 2 aliphatic rings. The lowest BCUT2D eigenvalue weighted by atomic mass is 9.91. The zero-order valence-electron chi connectivity index (χ0n) is 16.4. The Morgan fingerprint density at radius 3 is 2.53 bits per heavy atom. The zero-order chi connectivity index (χ0) is 20.9. The Bertz CT molecular complexity index is 1150. The summed E-state index contributed by atoms with van der Waals surface area (Å²) >= 11 is 0. The molecule has 3 heterocycles. The van der Waals surface area contributed by atoms with Gasteiger partial charge in [-0.25, -0.2) is 9.67 Å². The molecule has 0 spiro atoms. The van der Waals surface area contributed by atoms with Gasteiger partial charge in [0.1, 0.15) is 17.5 Å². The van der Waals surface area contributed by atoms with Crippen LogP contribution in [0.2, 0.25) is 0 Å². The molecule has 9 heteroatoms. The molecule has 30 heavy (non-hydrogen) atoms. The third kappa shape index (κ3) is 3.35. The molecular weight excluding hydrogens is 386 g/mol. The first kappa shape index (κ1) is 18.8. The molecule has 1 saturated heterocycles. The summed E-state index contributed by atoms with van der Waals surface area (Å²) in [5.41, 5.74) is -0.223. The second-order valence-electron chi connectivity index (χ2n) is 8.31. The van der Waals surface area contributed by atoms with E-state index in [-0.39, 0.29) is 29.7 Å². The lowest BCUT2D eigenvalue weighted by molar-refractivity contribution is -0.137. The van der Waals surface area contributed by atoms with Crippen LogP contribution in [0.1, 0.15) is 25.7 Å².